The quantitative estimate of drug-likeness (QED) is 0.184. The minimum absolute atomic E-state index is 0.0181. The largest absolute Gasteiger partial charge is 0.507 e. The van der Waals surface area contributed by atoms with Crippen LogP contribution in [0, 0.1) is 0 Å². The monoisotopic (exact) mass is 461 g/mol. The van der Waals surface area contributed by atoms with E-state index < -0.39 is 36.7 Å². The Morgan fingerprint density at radius 2 is 2.12 bits per heavy atom. The zero-order chi connectivity index (χ0) is 23.9. The number of fused-ring (bicyclic) bond motifs is 1. The van der Waals surface area contributed by atoms with Gasteiger partial charge < -0.3 is 35.6 Å². The fraction of sp³-hybridized carbons (Fsp3) is 0.368. The van der Waals surface area contributed by atoms with Gasteiger partial charge in [-0.3, -0.25) is 14.3 Å². The molecule has 3 aromatic rings. The number of nitrogens with one attached hydrogen (secondary N) is 1. The van der Waals surface area contributed by atoms with E-state index in [9.17, 15) is 25.2 Å². The van der Waals surface area contributed by atoms with E-state index in [1.165, 1.54) is 36.0 Å². The molecule has 1 saturated heterocycles. The molecule has 4 rings (SSSR count). The van der Waals surface area contributed by atoms with E-state index in [0.717, 1.165) is 0 Å². The third kappa shape index (κ3) is 3.95. The second-order valence-electron chi connectivity index (χ2n) is 7.33. The fourth-order valence-corrected chi connectivity index (χ4v) is 3.51. The van der Waals surface area contributed by atoms with Crippen molar-refractivity contribution in [3.05, 3.63) is 34.1 Å². The number of nitrogens with two attached hydrogens (primary N) is 1. The molecule has 14 heteroatoms. The Kier molecular flexibility index (Phi) is 5.90. The number of ether oxygens (including phenoxy) is 2. The van der Waals surface area contributed by atoms with Gasteiger partial charge in [-0.2, -0.15) is 10.1 Å². The van der Waals surface area contributed by atoms with E-state index in [0.29, 0.717) is 11.3 Å². The van der Waals surface area contributed by atoms with Gasteiger partial charge in [0.1, 0.15) is 29.8 Å². The Morgan fingerprint density at radius 1 is 1.36 bits per heavy atom. The first-order chi connectivity index (χ1) is 15.7. The number of hydrogen-bond acceptors (Lipinski definition) is 12. The fourth-order valence-electron chi connectivity index (χ4n) is 3.51. The van der Waals surface area contributed by atoms with Gasteiger partial charge in [-0.15, -0.1) is 0 Å². The number of benzene rings is 1. The number of aliphatic hydroxyl groups is 3. The molecular weight excluding hydrogens is 438 g/mol. The summed E-state index contributed by atoms with van der Waals surface area (Å²) in [5.74, 6) is 0.218. The van der Waals surface area contributed by atoms with Crippen LogP contribution in [0.3, 0.4) is 0 Å². The lowest BCUT2D eigenvalue weighted by Gasteiger charge is -2.21. The van der Waals surface area contributed by atoms with Gasteiger partial charge in [0.25, 0.3) is 5.56 Å². The highest BCUT2D eigenvalue weighted by Crippen LogP contribution is 2.35. The first-order valence-electron chi connectivity index (χ1n) is 9.80. The number of aromatic hydroxyl groups is 1. The minimum atomic E-state index is -1.47. The molecule has 1 aromatic carbocycles. The number of imidazole rings is 1. The van der Waals surface area contributed by atoms with E-state index in [4.69, 9.17) is 15.2 Å². The zero-order valence-corrected chi connectivity index (χ0v) is 17.7. The molecule has 14 nitrogen and oxygen atoms in total. The van der Waals surface area contributed by atoms with Crippen molar-refractivity contribution in [2.45, 2.75) is 24.5 Å². The number of aromatic nitrogens is 4. The molecule has 0 saturated carbocycles. The molecular formula is C19H23N7O7. The van der Waals surface area contributed by atoms with Crippen LogP contribution in [0.25, 0.3) is 11.2 Å². The maximum Gasteiger partial charge on any atom is 0.280 e. The van der Waals surface area contributed by atoms with Gasteiger partial charge in [-0.1, -0.05) is 0 Å². The van der Waals surface area contributed by atoms with E-state index in [1.54, 1.807) is 12.1 Å². The van der Waals surface area contributed by atoms with Gasteiger partial charge in [0.05, 0.1) is 19.9 Å². The maximum atomic E-state index is 12.4. The number of anilines is 2. The maximum absolute atomic E-state index is 12.4. The third-order valence-corrected chi connectivity index (χ3v) is 5.22. The average Bonchev–Trinajstić information content (AvgIpc) is 3.30. The second kappa shape index (κ2) is 8.67. The summed E-state index contributed by atoms with van der Waals surface area (Å²) in [4.78, 5) is 23.1. The highest BCUT2D eigenvalue weighted by atomic mass is 16.6. The number of phenols is 1. The van der Waals surface area contributed by atoms with Crippen molar-refractivity contribution in [1.29, 1.82) is 0 Å². The van der Waals surface area contributed by atoms with Crippen LogP contribution in [0.2, 0.25) is 0 Å². The van der Waals surface area contributed by atoms with Crippen molar-refractivity contribution in [2.75, 3.05) is 31.5 Å². The van der Waals surface area contributed by atoms with Crippen molar-refractivity contribution in [3.8, 4) is 11.5 Å². The summed E-state index contributed by atoms with van der Waals surface area (Å²) in [7, 11) is 2.98. The van der Waals surface area contributed by atoms with Gasteiger partial charge in [0.15, 0.2) is 17.4 Å². The van der Waals surface area contributed by atoms with Crippen LogP contribution in [-0.4, -0.2) is 85.2 Å². The van der Waals surface area contributed by atoms with E-state index in [2.05, 4.69) is 20.1 Å². The van der Waals surface area contributed by atoms with Gasteiger partial charge in [0, 0.05) is 18.7 Å². The highest BCUT2D eigenvalue weighted by Gasteiger charge is 2.45. The van der Waals surface area contributed by atoms with Gasteiger partial charge in [-0.25, -0.2) is 9.99 Å². The summed E-state index contributed by atoms with van der Waals surface area (Å²) in [6.07, 6.45) is -3.84. The Balaban J connectivity index is 1.79. The smallest absolute Gasteiger partial charge is 0.280 e. The van der Waals surface area contributed by atoms with Crippen LogP contribution >= 0.6 is 0 Å². The number of nitrogens with zero attached hydrogens (tertiary/aromatic N) is 5. The molecule has 7 N–H and O–H groups in total. The van der Waals surface area contributed by atoms with Crippen LogP contribution in [0.5, 0.6) is 11.5 Å². The Labute approximate surface area is 186 Å². The third-order valence-electron chi connectivity index (χ3n) is 5.22. The number of H-pyrrole nitrogens is 1. The van der Waals surface area contributed by atoms with Crippen LogP contribution < -0.4 is 21.0 Å². The predicted octanol–water partition coefficient (Wildman–Crippen LogP) is -1.50. The number of aliphatic hydroxyl groups excluding tert-OH is 3. The lowest BCUT2D eigenvalue weighted by Crippen LogP contribution is -2.33. The zero-order valence-electron chi connectivity index (χ0n) is 17.7. The van der Waals surface area contributed by atoms with Gasteiger partial charge >= 0.3 is 0 Å². The molecule has 176 valence electrons. The number of hydrogen-bond donors (Lipinski definition) is 6. The molecule has 0 aliphatic carbocycles. The molecule has 4 atom stereocenters. The normalized spacial score (nSPS) is 22.9. The molecule has 0 spiro atoms. The summed E-state index contributed by atoms with van der Waals surface area (Å²) in [6.45, 7) is -0.544. The molecule has 1 aliphatic heterocycles. The van der Waals surface area contributed by atoms with Crippen LogP contribution in [0.15, 0.2) is 28.1 Å². The Hall–Kier alpha value is -3.72. The predicted molar refractivity (Wildman–Crippen MR) is 116 cm³/mol. The molecule has 4 unspecified atom stereocenters. The molecule has 33 heavy (non-hydrogen) atoms. The summed E-state index contributed by atoms with van der Waals surface area (Å²) < 4.78 is 11.9. The Morgan fingerprint density at radius 3 is 2.76 bits per heavy atom. The Bertz CT molecular complexity index is 1260. The molecule has 0 radical (unpaired) electrons. The molecule has 0 amide bonds. The number of phenolic OH excluding ortho intramolecular Hbond substituents is 1. The second-order valence-corrected chi connectivity index (χ2v) is 7.33. The summed E-state index contributed by atoms with van der Waals surface area (Å²) in [5, 5.41) is 45.8. The van der Waals surface area contributed by atoms with Crippen LogP contribution in [-0.2, 0) is 4.74 Å². The highest BCUT2D eigenvalue weighted by molar-refractivity contribution is 5.84. The van der Waals surface area contributed by atoms with Gasteiger partial charge in [-0.05, 0) is 12.1 Å². The topological polar surface area (TPSA) is 205 Å². The number of methoxy groups -OCH3 is 1. The summed E-state index contributed by atoms with van der Waals surface area (Å²) in [6, 6.07) is 4.65. The van der Waals surface area contributed by atoms with Crippen molar-refractivity contribution in [1.82, 2.24) is 19.5 Å². The van der Waals surface area contributed by atoms with Crippen molar-refractivity contribution < 1.29 is 29.9 Å². The number of hydrazone groups is 1. The molecule has 3 heterocycles. The van der Waals surface area contributed by atoms with Crippen LogP contribution in [0.4, 0.5) is 11.9 Å². The standard InChI is InChI=1S/C19H23N7O7/c1-25(21-6-8-3-4-9(32-2)5-10(8)28)19-22-12-15(23-18(20)24-16(12)31)26(19)17-14(30)13(29)11(7-27)33-17/h3-6,11,13-14,17,27-30H,7H2,1-2H3,(H3,20,23,24,31). The van der Waals surface area contributed by atoms with E-state index in [-0.39, 0.29) is 28.8 Å². The first-order valence-corrected chi connectivity index (χ1v) is 9.80. The summed E-state index contributed by atoms with van der Waals surface area (Å²) >= 11 is 0. The van der Waals surface area contributed by atoms with E-state index >= 15 is 0 Å². The summed E-state index contributed by atoms with van der Waals surface area (Å²) in [5.41, 5.74) is 5.31. The van der Waals surface area contributed by atoms with Gasteiger partial charge in [0.2, 0.25) is 11.9 Å². The number of aromatic amines is 1. The molecule has 2 aromatic heterocycles. The minimum Gasteiger partial charge on any atom is -0.507 e. The van der Waals surface area contributed by atoms with Crippen molar-refractivity contribution >= 4 is 29.3 Å². The average molecular weight is 461 g/mol. The van der Waals surface area contributed by atoms with Crippen molar-refractivity contribution in [3.63, 3.8) is 0 Å². The first kappa shape index (κ1) is 22.5. The van der Waals surface area contributed by atoms with E-state index in [1.807, 2.05) is 0 Å². The number of rotatable bonds is 6. The molecule has 1 aliphatic rings. The molecule has 0 bridgehead atoms. The lowest BCUT2D eigenvalue weighted by atomic mass is 10.1. The van der Waals surface area contributed by atoms with Crippen LogP contribution in [0.1, 0.15) is 11.8 Å². The SMILES string of the molecule is COc1ccc(C=NN(C)c2nc3c(=O)[nH]c(N)nc3n2C2OC(CO)C(O)C2O)c(O)c1. The number of nitrogen functional groups attached to an aromatic ring is 1. The van der Waals surface area contributed by atoms with Crippen molar-refractivity contribution in [2.24, 2.45) is 5.10 Å². The lowest BCUT2D eigenvalue weighted by molar-refractivity contribution is -0.0504. The molecule has 1 fully saturated rings.